The van der Waals surface area contributed by atoms with Crippen LogP contribution in [0.2, 0.25) is 0 Å². The number of para-hydroxylation sites is 3. The summed E-state index contributed by atoms with van der Waals surface area (Å²) < 4.78 is 0. The van der Waals surface area contributed by atoms with Crippen molar-refractivity contribution in [3.8, 4) is 0 Å². The summed E-state index contributed by atoms with van der Waals surface area (Å²) in [4.78, 5) is 0. The lowest BCUT2D eigenvalue weighted by atomic mass is 10.2. The van der Waals surface area contributed by atoms with Gasteiger partial charge in [0.05, 0.1) is 17.1 Å². The molecule has 2 rings (SSSR count). The molecule has 4 nitrogen and oxygen atoms in total. The van der Waals surface area contributed by atoms with Gasteiger partial charge in [-0.3, -0.25) is 15.9 Å². The highest BCUT2D eigenvalue weighted by Gasteiger charge is 2.11. The number of hydrogen-bond acceptors (Lipinski definition) is 4. The molecule has 0 saturated heterocycles. The topological polar surface area (TPSA) is 55.7 Å². The fourth-order valence-corrected chi connectivity index (χ4v) is 1.68. The molecule has 0 amide bonds. The summed E-state index contributed by atoms with van der Waals surface area (Å²) in [5.74, 6) is 0. The summed E-state index contributed by atoms with van der Waals surface area (Å²) in [6, 6.07) is 14.4. The Bertz CT molecular complexity index is 514. The average molecular weight is 230 g/mol. The van der Waals surface area contributed by atoms with Gasteiger partial charge < -0.3 is 0 Å². The van der Waals surface area contributed by atoms with Crippen LogP contribution in [-0.2, 0) is 0 Å². The Balaban J connectivity index is 2.44. The van der Waals surface area contributed by atoms with Crippen LogP contribution in [0.3, 0.4) is 0 Å². The van der Waals surface area contributed by atoms with E-state index in [-0.39, 0.29) is 0 Å². The molecule has 0 saturated carbocycles. The van der Waals surface area contributed by atoms with Gasteiger partial charge in [-0.2, -0.15) is 0 Å². The van der Waals surface area contributed by atoms with Gasteiger partial charge in [0.25, 0.3) is 0 Å². The molecule has 0 radical (unpaired) electrons. The lowest BCUT2D eigenvalue weighted by Gasteiger charge is -2.21. The predicted molar refractivity (Wildman–Crippen MR) is 67.0 cm³/mol. The fourth-order valence-electron chi connectivity index (χ4n) is 1.68. The maximum absolute atomic E-state index is 10.2. The van der Waals surface area contributed by atoms with E-state index in [4.69, 9.17) is 5.21 Å². The van der Waals surface area contributed by atoms with Gasteiger partial charge in [-0.1, -0.05) is 30.3 Å². The molecule has 0 heterocycles. The lowest BCUT2D eigenvalue weighted by molar-refractivity contribution is 0.299. The SMILES string of the molecule is Cc1ccccc1N(O)c1ccccc1NO. The molecule has 0 spiro atoms. The molecule has 0 bridgehead atoms. The second kappa shape index (κ2) is 4.86. The summed E-state index contributed by atoms with van der Waals surface area (Å²) in [5.41, 5.74) is 4.62. The molecule has 4 heteroatoms. The zero-order valence-corrected chi connectivity index (χ0v) is 9.46. The Labute approximate surface area is 99.7 Å². The summed E-state index contributed by atoms with van der Waals surface area (Å²) >= 11 is 0. The van der Waals surface area contributed by atoms with Gasteiger partial charge in [-0.25, -0.2) is 5.06 Å². The monoisotopic (exact) mass is 230 g/mol. The summed E-state index contributed by atoms with van der Waals surface area (Å²) in [7, 11) is 0. The zero-order chi connectivity index (χ0) is 12.3. The lowest BCUT2D eigenvalue weighted by Crippen LogP contribution is -2.13. The van der Waals surface area contributed by atoms with Crippen molar-refractivity contribution in [3.63, 3.8) is 0 Å². The van der Waals surface area contributed by atoms with Crippen LogP contribution in [0.4, 0.5) is 17.1 Å². The van der Waals surface area contributed by atoms with Crippen LogP contribution in [0.1, 0.15) is 5.56 Å². The normalized spacial score (nSPS) is 10.1. The number of anilines is 3. The van der Waals surface area contributed by atoms with Crippen molar-refractivity contribution in [1.29, 1.82) is 0 Å². The summed E-state index contributed by atoms with van der Waals surface area (Å²) in [5, 5.41) is 20.2. The average Bonchev–Trinajstić information content (AvgIpc) is 2.38. The van der Waals surface area contributed by atoms with E-state index in [1.165, 1.54) is 0 Å². The van der Waals surface area contributed by atoms with Crippen LogP contribution in [0.25, 0.3) is 0 Å². The van der Waals surface area contributed by atoms with Gasteiger partial charge in [0.1, 0.15) is 0 Å². The van der Waals surface area contributed by atoms with E-state index in [2.05, 4.69) is 5.48 Å². The smallest absolute Gasteiger partial charge is 0.0947 e. The summed E-state index contributed by atoms with van der Waals surface area (Å²) in [6.07, 6.45) is 0. The molecule has 0 aliphatic carbocycles. The molecule has 0 aromatic heterocycles. The van der Waals surface area contributed by atoms with Gasteiger partial charge in [-0.05, 0) is 30.7 Å². The second-order valence-electron chi connectivity index (χ2n) is 3.73. The third kappa shape index (κ3) is 2.22. The Kier molecular flexibility index (Phi) is 3.27. The second-order valence-corrected chi connectivity index (χ2v) is 3.73. The van der Waals surface area contributed by atoms with Gasteiger partial charge in [0, 0.05) is 0 Å². The predicted octanol–water partition coefficient (Wildman–Crippen LogP) is 3.32. The third-order valence-corrected chi connectivity index (χ3v) is 2.60. The van der Waals surface area contributed by atoms with Crippen molar-refractivity contribution in [2.75, 3.05) is 10.5 Å². The minimum absolute atomic E-state index is 0.443. The molecule has 3 N–H and O–H groups in total. The number of aryl methyl sites for hydroxylation is 1. The highest BCUT2D eigenvalue weighted by atomic mass is 16.5. The van der Waals surface area contributed by atoms with E-state index in [0.29, 0.717) is 17.1 Å². The first-order valence-electron chi connectivity index (χ1n) is 5.28. The molecule has 88 valence electrons. The minimum Gasteiger partial charge on any atom is -0.291 e. The molecular formula is C13H14N2O2. The van der Waals surface area contributed by atoms with E-state index in [1.54, 1.807) is 24.3 Å². The Morgan fingerprint density at radius 3 is 2.18 bits per heavy atom. The van der Waals surface area contributed by atoms with Gasteiger partial charge in [-0.15, -0.1) is 0 Å². The van der Waals surface area contributed by atoms with Crippen molar-refractivity contribution in [2.24, 2.45) is 0 Å². The van der Waals surface area contributed by atoms with E-state index in [1.807, 2.05) is 31.2 Å². The zero-order valence-electron chi connectivity index (χ0n) is 9.46. The molecule has 2 aromatic carbocycles. The number of nitrogens with one attached hydrogen (secondary N) is 1. The standard InChI is InChI=1S/C13H14N2O2/c1-10-6-2-4-8-12(10)15(17)13-9-5-3-7-11(13)14-16/h2-9,14,16-17H,1H3. The van der Waals surface area contributed by atoms with Crippen molar-refractivity contribution < 1.29 is 10.4 Å². The fraction of sp³-hybridized carbons (Fsp3) is 0.0769. The van der Waals surface area contributed by atoms with Crippen LogP contribution in [0.5, 0.6) is 0 Å². The minimum atomic E-state index is 0.443. The molecule has 2 aromatic rings. The van der Waals surface area contributed by atoms with E-state index >= 15 is 0 Å². The number of nitrogens with zero attached hydrogens (tertiary/aromatic N) is 1. The van der Waals surface area contributed by atoms with E-state index in [9.17, 15) is 5.21 Å². The Hall–Kier alpha value is -2.04. The summed E-state index contributed by atoms with van der Waals surface area (Å²) in [6.45, 7) is 1.91. The van der Waals surface area contributed by atoms with E-state index in [0.717, 1.165) is 10.6 Å². The third-order valence-electron chi connectivity index (χ3n) is 2.60. The van der Waals surface area contributed by atoms with Gasteiger partial charge in [0.15, 0.2) is 0 Å². The van der Waals surface area contributed by atoms with Crippen LogP contribution in [0, 0.1) is 6.92 Å². The number of benzene rings is 2. The molecule has 17 heavy (non-hydrogen) atoms. The van der Waals surface area contributed by atoms with E-state index < -0.39 is 0 Å². The van der Waals surface area contributed by atoms with Crippen molar-refractivity contribution in [2.45, 2.75) is 6.92 Å². The Morgan fingerprint density at radius 2 is 1.53 bits per heavy atom. The Morgan fingerprint density at radius 1 is 0.941 bits per heavy atom. The molecule has 0 aliphatic heterocycles. The maximum Gasteiger partial charge on any atom is 0.0947 e. The first-order valence-corrected chi connectivity index (χ1v) is 5.28. The van der Waals surface area contributed by atoms with Gasteiger partial charge >= 0.3 is 0 Å². The maximum atomic E-state index is 10.2. The molecule has 0 unspecified atom stereocenters. The molecule has 0 atom stereocenters. The van der Waals surface area contributed by atoms with Crippen molar-refractivity contribution in [1.82, 2.24) is 0 Å². The van der Waals surface area contributed by atoms with Crippen LogP contribution >= 0.6 is 0 Å². The van der Waals surface area contributed by atoms with Gasteiger partial charge in [0.2, 0.25) is 0 Å². The van der Waals surface area contributed by atoms with Crippen LogP contribution < -0.4 is 10.5 Å². The van der Waals surface area contributed by atoms with Crippen LogP contribution in [-0.4, -0.2) is 10.4 Å². The quantitative estimate of drug-likeness (QED) is 0.708. The molecule has 0 aliphatic rings. The van der Waals surface area contributed by atoms with Crippen molar-refractivity contribution >= 4 is 17.1 Å². The largest absolute Gasteiger partial charge is 0.291 e. The van der Waals surface area contributed by atoms with Crippen LogP contribution in [0.15, 0.2) is 48.5 Å². The molecular weight excluding hydrogens is 216 g/mol. The highest BCUT2D eigenvalue weighted by Crippen LogP contribution is 2.31. The first kappa shape index (κ1) is 11.4. The first-order chi connectivity index (χ1) is 8.24. The molecule has 0 fully saturated rings. The number of rotatable bonds is 3. The highest BCUT2D eigenvalue weighted by molar-refractivity contribution is 5.74. The van der Waals surface area contributed by atoms with Crippen molar-refractivity contribution in [3.05, 3.63) is 54.1 Å². The number of hydrogen-bond donors (Lipinski definition) is 3.